The molecule has 7 nitrogen and oxygen atoms in total. The molecule has 5 N–H and O–H groups in total. The van der Waals surface area contributed by atoms with Gasteiger partial charge in [-0.15, -0.1) is 0 Å². The second kappa shape index (κ2) is 5.01. The average molecular weight is 297 g/mol. The summed E-state index contributed by atoms with van der Waals surface area (Å²) < 4.78 is 0. The third kappa shape index (κ3) is 2.39. The maximum Gasteiger partial charge on any atom is 0.250 e. The molecule has 106 valence electrons. The van der Waals surface area contributed by atoms with Crippen LogP contribution < -0.4 is 21.7 Å². The standard InChI is InChI=1S/C12H13ClN4O3/c1-5-12(20)16-9(18)4-17(5)10-7(11(15)19)2-6(14)3-8(10)13/h2-3,5H,4,14H2,1H3,(H2,15,19)(H,16,18,20). The van der Waals surface area contributed by atoms with Gasteiger partial charge in [0.2, 0.25) is 11.8 Å². The summed E-state index contributed by atoms with van der Waals surface area (Å²) in [6.45, 7) is 1.50. The van der Waals surface area contributed by atoms with Gasteiger partial charge in [0.05, 0.1) is 22.8 Å². The Labute approximate surface area is 119 Å². The number of amides is 3. The monoisotopic (exact) mass is 296 g/mol. The zero-order valence-corrected chi connectivity index (χ0v) is 11.4. The largest absolute Gasteiger partial charge is 0.399 e. The first-order valence-corrected chi connectivity index (χ1v) is 6.18. The molecule has 1 unspecified atom stereocenters. The van der Waals surface area contributed by atoms with Gasteiger partial charge >= 0.3 is 0 Å². The zero-order chi connectivity index (χ0) is 15.0. The molecule has 3 amide bonds. The van der Waals surface area contributed by atoms with Crippen LogP contribution in [0.3, 0.4) is 0 Å². The summed E-state index contributed by atoms with van der Waals surface area (Å²) in [6.07, 6.45) is 0. The Kier molecular flexibility index (Phi) is 3.54. The second-order valence-corrected chi connectivity index (χ2v) is 4.89. The summed E-state index contributed by atoms with van der Waals surface area (Å²) in [5.74, 6) is -1.68. The van der Waals surface area contributed by atoms with E-state index in [1.807, 2.05) is 0 Å². The summed E-state index contributed by atoms with van der Waals surface area (Å²) >= 11 is 6.10. The lowest BCUT2D eigenvalue weighted by Gasteiger charge is -2.35. The highest BCUT2D eigenvalue weighted by atomic mass is 35.5. The maximum absolute atomic E-state index is 11.7. The Morgan fingerprint density at radius 1 is 1.45 bits per heavy atom. The number of rotatable bonds is 2. The number of benzene rings is 1. The fourth-order valence-electron chi connectivity index (χ4n) is 2.09. The topological polar surface area (TPSA) is 119 Å². The van der Waals surface area contributed by atoms with Crippen LogP contribution in [0.2, 0.25) is 5.02 Å². The molecule has 0 spiro atoms. The van der Waals surface area contributed by atoms with Gasteiger partial charge in [0, 0.05) is 5.69 Å². The molecular weight excluding hydrogens is 284 g/mol. The maximum atomic E-state index is 11.7. The van der Waals surface area contributed by atoms with Crippen LogP contribution in [0.5, 0.6) is 0 Å². The van der Waals surface area contributed by atoms with E-state index in [1.165, 1.54) is 17.0 Å². The lowest BCUT2D eigenvalue weighted by atomic mass is 10.1. The molecule has 0 radical (unpaired) electrons. The highest BCUT2D eigenvalue weighted by Crippen LogP contribution is 2.34. The zero-order valence-electron chi connectivity index (χ0n) is 10.6. The molecule has 8 heteroatoms. The SMILES string of the molecule is CC1C(=O)NC(=O)CN1c1c(Cl)cc(N)cc1C(N)=O. The fraction of sp³-hybridized carbons (Fsp3) is 0.250. The van der Waals surface area contributed by atoms with Crippen LogP contribution in [0.4, 0.5) is 11.4 Å². The number of nitrogens with two attached hydrogens (primary N) is 2. The van der Waals surface area contributed by atoms with Crippen LogP contribution in [-0.2, 0) is 9.59 Å². The third-order valence-electron chi connectivity index (χ3n) is 3.06. The summed E-state index contributed by atoms with van der Waals surface area (Å²) in [5, 5.41) is 2.37. The highest BCUT2D eigenvalue weighted by Gasteiger charge is 2.33. The Bertz CT molecular complexity index is 617. The summed E-state index contributed by atoms with van der Waals surface area (Å²) in [5.41, 5.74) is 11.5. The molecule has 0 saturated carbocycles. The molecular formula is C12H13ClN4O3. The number of hydrogen-bond acceptors (Lipinski definition) is 5. The molecule has 0 aliphatic carbocycles. The van der Waals surface area contributed by atoms with Gasteiger partial charge in [-0.2, -0.15) is 0 Å². The highest BCUT2D eigenvalue weighted by molar-refractivity contribution is 6.34. The van der Waals surface area contributed by atoms with Gasteiger partial charge in [-0.3, -0.25) is 19.7 Å². The van der Waals surface area contributed by atoms with E-state index < -0.39 is 23.8 Å². The van der Waals surface area contributed by atoms with Crippen LogP contribution in [0.15, 0.2) is 12.1 Å². The van der Waals surface area contributed by atoms with Crippen molar-refractivity contribution in [2.45, 2.75) is 13.0 Å². The Morgan fingerprint density at radius 2 is 2.10 bits per heavy atom. The molecule has 0 bridgehead atoms. The number of carbonyl (C=O) groups is 3. The van der Waals surface area contributed by atoms with Crippen molar-refractivity contribution in [1.82, 2.24) is 5.32 Å². The fourth-order valence-corrected chi connectivity index (χ4v) is 2.42. The van der Waals surface area contributed by atoms with E-state index in [4.69, 9.17) is 23.1 Å². The van der Waals surface area contributed by atoms with Crippen LogP contribution in [0.1, 0.15) is 17.3 Å². The minimum absolute atomic E-state index is 0.0735. The van der Waals surface area contributed by atoms with Crippen molar-refractivity contribution in [3.8, 4) is 0 Å². The molecule has 1 atom stereocenters. The molecule has 1 fully saturated rings. The van der Waals surface area contributed by atoms with Gasteiger partial charge in [-0.25, -0.2) is 0 Å². The molecule has 0 aromatic heterocycles. The minimum atomic E-state index is -0.736. The minimum Gasteiger partial charge on any atom is -0.399 e. The Morgan fingerprint density at radius 3 is 2.70 bits per heavy atom. The average Bonchev–Trinajstić information content (AvgIpc) is 2.33. The number of halogens is 1. The first-order chi connectivity index (χ1) is 9.31. The van der Waals surface area contributed by atoms with Crippen LogP contribution >= 0.6 is 11.6 Å². The summed E-state index contributed by atoms with van der Waals surface area (Å²) in [7, 11) is 0. The number of nitrogens with one attached hydrogen (secondary N) is 1. The summed E-state index contributed by atoms with van der Waals surface area (Å²) in [4.78, 5) is 36.2. The van der Waals surface area contributed by atoms with Crippen molar-refractivity contribution >= 4 is 40.7 Å². The van der Waals surface area contributed by atoms with Gasteiger partial charge < -0.3 is 16.4 Å². The molecule has 2 rings (SSSR count). The van der Waals surface area contributed by atoms with Gasteiger partial charge in [-0.1, -0.05) is 11.6 Å². The number of nitrogen functional groups attached to an aromatic ring is 1. The van der Waals surface area contributed by atoms with Gasteiger partial charge in [-0.05, 0) is 19.1 Å². The van der Waals surface area contributed by atoms with Crippen molar-refractivity contribution in [3.05, 3.63) is 22.7 Å². The lowest BCUT2D eigenvalue weighted by Crippen LogP contribution is -2.57. The predicted octanol–water partition coefficient (Wildman–Crippen LogP) is -0.128. The van der Waals surface area contributed by atoms with Crippen molar-refractivity contribution in [2.75, 3.05) is 17.2 Å². The van der Waals surface area contributed by atoms with E-state index in [2.05, 4.69) is 5.32 Å². The van der Waals surface area contributed by atoms with Crippen molar-refractivity contribution in [2.24, 2.45) is 5.73 Å². The van der Waals surface area contributed by atoms with E-state index in [-0.39, 0.29) is 28.5 Å². The van der Waals surface area contributed by atoms with Gasteiger partial charge in [0.25, 0.3) is 5.91 Å². The summed E-state index contributed by atoms with van der Waals surface area (Å²) in [6, 6.07) is 2.15. The van der Waals surface area contributed by atoms with E-state index in [1.54, 1.807) is 6.92 Å². The van der Waals surface area contributed by atoms with Gasteiger partial charge in [0.1, 0.15) is 6.04 Å². The number of anilines is 2. The van der Waals surface area contributed by atoms with Crippen LogP contribution in [0.25, 0.3) is 0 Å². The van der Waals surface area contributed by atoms with Crippen molar-refractivity contribution < 1.29 is 14.4 Å². The molecule has 1 aliphatic heterocycles. The first kappa shape index (κ1) is 14.1. The van der Waals surface area contributed by atoms with Crippen molar-refractivity contribution in [3.63, 3.8) is 0 Å². The number of nitrogens with zero attached hydrogens (tertiary/aromatic N) is 1. The predicted molar refractivity (Wildman–Crippen MR) is 74.3 cm³/mol. The number of hydrogen-bond donors (Lipinski definition) is 3. The lowest BCUT2D eigenvalue weighted by molar-refractivity contribution is -0.132. The molecule has 20 heavy (non-hydrogen) atoms. The molecule has 1 aliphatic rings. The normalized spacial score (nSPS) is 18.9. The second-order valence-electron chi connectivity index (χ2n) is 4.48. The number of primary amides is 1. The molecule has 1 aromatic rings. The quantitative estimate of drug-likeness (QED) is 0.519. The number of piperazine rings is 1. The van der Waals surface area contributed by atoms with E-state index in [0.29, 0.717) is 0 Å². The smallest absolute Gasteiger partial charge is 0.250 e. The van der Waals surface area contributed by atoms with E-state index in [9.17, 15) is 14.4 Å². The number of imide groups is 1. The van der Waals surface area contributed by atoms with E-state index >= 15 is 0 Å². The van der Waals surface area contributed by atoms with E-state index in [0.717, 1.165) is 0 Å². The van der Waals surface area contributed by atoms with Crippen LogP contribution in [-0.4, -0.2) is 30.3 Å². The Balaban J connectivity index is 2.59. The first-order valence-electron chi connectivity index (χ1n) is 5.80. The molecule has 1 aromatic carbocycles. The van der Waals surface area contributed by atoms with Crippen molar-refractivity contribution in [1.29, 1.82) is 0 Å². The van der Waals surface area contributed by atoms with Crippen LogP contribution in [0, 0.1) is 0 Å². The van der Waals surface area contributed by atoms with Gasteiger partial charge in [0.15, 0.2) is 0 Å². The number of carbonyl (C=O) groups excluding carboxylic acids is 3. The Hall–Kier alpha value is -2.28. The third-order valence-corrected chi connectivity index (χ3v) is 3.35. The molecule has 1 saturated heterocycles. The molecule has 1 heterocycles.